The van der Waals surface area contributed by atoms with Gasteiger partial charge in [-0.2, -0.15) is 4.39 Å². The van der Waals surface area contributed by atoms with Crippen LogP contribution in [0, 0.1) is 17.5 Å². The van der Waals surface area contributed by atoms with Gasteiger partial charge in [0.25, 0.3) is 0 Å². The van der Waals surface area contributed by atoms with Crippen LogP contribution < -0.4 is 0 Å². The molecule has 0 bridgehead atoms. The van der Waals surface area contributed by atoms with Crippen molar-refractivity contribution in [1.29, 1.82) is 0 Å². The van der Waals surface area contributed by atoms with E-state index in [0.717, 1.165) is 0 Å². The highest BCUT2D eigenvalue weighted by Gasteiger charge is 2.18. The van der Waals surface area contributed by atoms with Gasteiger partial charge in [-0.3, -0.25) is 4.79 Å². The molecule has 1 rings (SSSR count). The van der Waals surface area contributed by atoms with Crippen LogP contribution >= 0.6 is 0 Å². The summed E-state index contributed by atoms with van der Waals surface area (Å²) >= 11 is 0. The van der Waals surface area contributed by atoms with Gasteiger partial charge in [0.2, 0.25) is 5.82 Å². The molecule has 0 saturated heterocycles. The van der Waals surface area contributed by atoms with Crippen molar-refractivity contribution in [2.75, 3.05) is 0 Å². The Labute approximate surface area is 82.8 Å². The number of aliphatic carboxylic acids is 1. The summed E-state index contributed by atoms with van der Waals surface area (Å²) in [4.78, 5) is 10.2. The summed E-state index contributed by atoms with van der Waals surface area (Å²) in [6, 6.07) is 0.535. The Balaban J connectivity index is 3.04. The van der Waals surface area contributed by atoms with Crippen LogP contribution in [-0.4, -0.2) is 16.2 Å². The Morgan fingerprint density at radius 1 is 1.27 bits per heavy atom. The smallest absolute Gasteiger partial charge is 0.303 e. The molecule has 0 aliphatic rings. The lowest BCUT2D eigenvalue weighted by atomic mass is 10.1. The highest BCUT2D eigenvalue weighted by Crippen LogP contribution is 2.26. The molecule has 0 atom stereocenters. The van der Waals surface area contributed by atoms with Gasteiger partial charge in [-0.25, -0.2) is 8.78 Å². The first-order valence-corrected chi connectivity index (χ1v) is 4.00. The van der Waals surface area contributed by atoms with Crippen molar-refractivity contribution in [3.8, 4) is 5.75 Å². The second-order valence-electron chi connectivity index (χ2n) is 2.89. The summed E-state index contributed by atoms with van der Waals surface area (Å²) in [6.07, 6.45) is -0.743. The predicted octanol–water partition coefficient (Wildman–Crippen LogP) is 1.83. The second-order valence-corrected chi connectivity index (χ2v) is 2.89. The van der Waals surface area contributed by atoms with Gasteiger partial charge in [0, 0.05) is 6.42 Å². The molecule has 82 valence electrons. The lowest BCUT2D eigenvalue weighted by Crippen LogP contribution is -2.02. The van der Waals surface area contributed by atoms with Crippen LogP contribution in [0.4, 0.5) is 13.2 Å². The minimum absolute atomic E-state index is 0.314. The van der Waals surface area contributed by atoms with Gasteiger partial charge in [0.1, 0.15) is 0 Å². The number of carbonyl (C=O) groups is 1. The van der Waals surface area contributed by atoms with Crippen LogP contribution in [0.1, 0.15) is 12.0 Å². The Morgan fingerprint density at radius 3 is 2.40 bits per heavy atom. The number of aromatic hydroxyl groups is 1. The summed E-state index contributed by atoms with van der Waals surface area (Å²) in [5.41, 5.74) is -0.367. The average molecular weight is 220 g/mol. The Bertz CT molecular complexity index is 404. The molecule has 1 aromatic carbocycles. The largest absolute Gasteiger partial charge is 0.503 e. The van der Waals surface area contributed by atoms with Gasteiger partial charge < -0.3 is 10.2 Å². The standard InChI is InChI=1S/C9H7F3O3/c10-5-3-4(1-2-6(13)14)7(11)9(15)8(5)12/h3,15H,1-2H2,(H,13,14). The molecule has 0 aromatic heterocycles. The molecule has 1 aromatic rings. The topological polar surface area (TPSA) is 57.5 Å². The van der Waals surface area contributed by atoms with Crippen molar-refractivity contribution in [2.24, 2.45) is 0 Å². The van der Waals surface area contributed by atoms with E-state index in [4.69, 9.17) is 10.2 Å². The number of hydrogen-bond acceptors (Lipinski definition) is 2. The summed E-state index contributed by atoms with van der Waals surface area (Å²) in [5.74, 6) is -7.02. The monoisotopic (exact) mass is 220 g/mol. The molecule has 0 heterocycles. The first-order chi connectivity index (χ1) is 6.93. The van der Waals surface area contributed by atoms with E-state index in [2.05, 4.69) is 0 Å². The first kappa shape index (κ1) is 11.4. The molecule has 0 saturated carbocycles. The number of carboxylic acids is 1. The van der Waals surface area contributed by atoms with Gasteiger partial charge in [-0.15, -0.1) is 0 Å². The van der Waals surface area contributed by atoms with Crippen LogP contribution in [0.2, 0.25) is 0 Å². The fraction of sp³-hybridized carbons (Fsp3) is 0.222. The van der Waals surface area contributed by atoms with Gasteiger partial charge >= 0.3 is 5.97 Å². The van der Waals surface area contributed by atoms with Crippen molar-refractivity contribution >= 4 is 5.97 Å². The zero-order valence-electron chi connectivity index (χ0n) is 7.43. The van der Waals surface area contributed by atoms with Crippen LogP contribution in [-0.2, 0) is 11.2 Å². The van der Waals surface area contributed by atoms with E-state index in [1.807, 2.05) is 0 Å². The van der Waals surface area contributed by atoms with Crippen LogP contribution in [0.3, 0.4) is 0 Å². The Hall–Kier alpha value is -1.72. The molecule has 0 aliphatic heterocycles. The number of phenolic OH excluding ortho intramolecular Hbond substituents is 1. The maximum absolute atomic E-state index is 13.0. The van der Waals surface area contributed by atoms with Crippen molar-refractivity contribution < 1.29 is 28.2 Å². The van der Waals surface area contributed by atoms with Crippen molar-refractivity contribution in [2.45, 2.75) is 12.8 Å². The van der Waals surface area contributed by atoms with E-state index in [9.17, 15) is 18.0 Å². The summed E-state index contributed by atoms with van der Waals surface area (Å²) in [5, 5.41) is 17.1. The predicted molar refractivity (Wildman–Crippen MR) is 43.9 cm³/mol. The Morgan fingerprint density at radius 2 is 1.87 bits per heavy atom. The van der Waals surface area contributed by atoms with Crippen LogP contribution in [0.5, 0.6) is 5.75 Å². The summed E-state index contributed by atoms with van der Waals surface area (Å²) < 4.78 is 38.3. The molecular weight excluding hydrogens is 213 g/mol. The summed E-state index contributed by atoms with van der Waals surface area (Å²) in [6.45, 7) is 0. The quantitative estimate of drug-likeness (QED) is 0.764. The lowest BCUT2D eigenvalue weighted by molar-refractivity contribution is -0.136. The number of hydrogen-bond donors (Lipinski definition) is 2. The molecule has 15 heavy (non-hydrogen) atoms. The normalized spacial score (nSPS) is 10.3. The molecule has 6 heteroatoms. The molecule has 0 radical (unpaired) electrons. The fourth-order valence-corrected chi connectivity index (χ4v) is 1.06. The van der Waals surface area contributed by atoms with Crippen LogP contribution in [0.15, 0.2) is 6.07 Å². The number of halogens is 3. The molecular formula is C9H7F3O3. The number of rotatable bonds is 3. The van der Waals surface area contributed by atoms with E-state index < -0.39 is 35.6 Å². The third kappa shape index (κ3) is 2.39. The van der Waals surface area contributed by atoms with Gasteiger partial charge in [-0.1, -0.05) is 0 Å². The maximum Gasteiger partial charge on any atom is 0.303 e. The molecule has 3 nitrogen and oxygen atoms in total. The molecule has 0 spiro atoms. The average Bonchev–Trinajstić information content (AvgIpc) is 2.18. The van der Waals surface area contributed by atoms with E-state index in [-0.39, 0.29) is 12.0 Å². The molecule has 0 unspecified atom stereocenters. The van der Waals surface area contributed by atoms with Gasteiger partial charge in [0.05, 0.1) is 0 Å². The van der Waals surface area contributed by atoms with Gasteiger partial charge in [-0.05, 0) is 18.1 Å². The third-order valence-corrected chi connectivity index (χ3v) is 1.82. The molecule has 0 aliphatic carbocycles. The highest BCUT2D eigenvalue weighted by atomic mass is 19.2. The zero-order chi connectivity index (χ0) is 11.6. The van der Waals surface area contributed by atoms with Crippen molar-refractivity contribution in [1.82, 2.24) is 0 Å². The van der Waals surface area contributed by atoms with E-state index >= 15 is 0 Å². The minimum Gasteiger partial charge on any atom is -0.503 e. The molecule has 0 amide bonds. The van der Waals surface area contributed by atoms with E-state index in [1.54, 1.807) is 0 Å². The molecule has 2 N–H and O–H groups in total. The third-order valence-electron chi connectivity index (χ3n) is 1.82. The number of aryl methyl sites for hydroxylation is 1. The number of carboxylic acid groups (broad SMARTS) is 1. The maximum atomic E-state index is 13.0. The second kappa shape index (κ2) is 4.20. The SMILES string of the molecule is O=C(O)CCc1cc(F)c(F)c(O)c1F. The van der Waals surface area contributed by atoms with Gasteiger partial charge in [0.15, 0.2) is 17.4 Å². The van der Waals surface area contributed by atoms with Crippen molar-refractivity contribution in [3.63, 3.8) is 0 Å². The van der Waals surface area contributed by atoms with E-state index in [1.165, 1.54) is 0 Å². The van der Waals surface area contributed by atoms with E-state index in [0.29, 0.717) is 6.07 Å². The fourth-order valence-electron chi connectivity index (χ4n) is 1.06. The van der Waals surface area contributed by atoms with Crippen molar-refractivity contribution in [3.05, 3.63) is 29.1 Å². The number of phenols is 1. The zero-order valence-corrected chi connectivity index (χ0v) is 7.43. The Kier molecular flexibility index (Phi) is 3.18. The minimum atomic E-state index is -1.67. The molecule has 0 fully saturated rings. The lowest BCUT2D eigenvalue weighted by Gasteiger charge is -2.05. The summed E-state index contributed by atoms with van der Waals surface area (Å²) in [7, 11) is 0. The highest BCUT2D eigenvalue weighted by molar-refractivity contribution is 5.67. The van der Waals surface area contributed by atoms with Crippen LogP contribution in [0.25, 0.3) is 0 Å². The first-order valence-electron chi connectivity index (χ1n) is 4.00. The number of benzene rings is 1.